The Bertz CT molecular complexity index is 242. The van der Waals surface area contributed by atoms with Crippen LogP contribution in [0.5, 0.6) is 0 Å². The normalized spacial score (nSPS) is 15.4. The molecule has 0 spiro atoms. The second-order valence-corrected chi connectivity index (χ2v) is 8.95. The highest BCUT2D eigenvalue weighted by Gasteiger charge is 2.18. The average Bonchev–Trinajstić information content (AvgIpc) is 2.57. The van der Waals surface area contributed by atoms with E-state index in [0.29, 0.717) is 5.25 Å². The van der Waals surface area contributed by atoms with Crippen LogP contribution >= 0.6 is 11.8 Å². The van der Waals surface area contributed by atoms with Gasteiger partial charge in [-0.05, 0) is 37.9 Å². The van der Waals surface area contributed by atoms with E-state index in [4.69, 9.17) is 0 Å². The first-order valence-corrected chi connectivity index (χ1v) is 12.0. The van der Waals surface area contributed by atoms with Gasteiger partial charge in [0.2, 0.25) is 0 Å². The van der Waals surface area contributed by atoms with Crippen LogP contribution in [-0.4, -0.2) is 22.2 Å². The van der Waals surface area contributed by atoms with Crippen molar-refractivity contribution in [1.82, 2.24) is 0 Å². The molecule has 0 radical (unpaired) electrons. The fourth-order valence-electron chi connectivity index (χ4n) is 3.34. The Morgan fingerprint density at radius 1 is 0.667 bits per heavy atom. The van der Waals surface area contributed by atoms with E-state index in [2.05, 4.69) is 32.5 Å². The topological polar surface area (TPSA) is 20.2 Å². The Labute approximate surface area is 157 Å². The molecule has 1 N–H and O–H groups in total. The highest BCUT2D eigenvalue weighted by molar-refractivity contribution is 7.99. The van der Waals surface area contributed by atoms with Gasteiger partial charge in [0.15, 0.2) is 0 Å². The Hall–Kier alpha value is 0.310. The van der Waals surface area contributed by atoms with Gasteiger partial charge in [-0.15, -0.1) is 0 Å². The molecule has 24 heavy (non-hydrogen) atoms. The summed E-state index contributed by atoms with van der Waals surface area (Å²) in [4.78, 5) is 0. The van der Waals surface area contributed by atoms with Crippen LogP contribution in [0.3, 0.4) is 0 Å². The van der Waals surface area contributed by atoms with Crippen molar-refractivity contribution in [2.45, 2.75) is 129 Å². The number of rotatable bonds is 18. The van der Waals surface area contributed by atoms with Crippen molar-refractivity contribution in [2.75, 3.05) is 5.75 Å². The third-order valence-corrected chi connectivity index (χ3v) is 6.83. The number of hydrogen-bond donors (Lipinski definition) is 1. The molecule has 0 aromatic carbocycles. The van der Waals surface area contributed by atoms with Gasteiger partial charge >= 0.3 is 0 Å². The van der Waals surface area contributed by atoms with Crippen molar-refractivity contribution in [2.24, 2.45) is 5.92 Å². The van der Waals surface area contributed by atoms with Gasteiger partial charge in [0.25, 0.3) is 0 Å². The maximum absolute atomic E-state index is 10.1. The lowest BCUT2D eigenvalue weighted by Crippen LogP contribution is -2.21. The molecule has 0 fully saturated rings. The summed E-state index contributed by atoms with van der Waals surface area (Å²) in [6, 6.07) is 0. The molecule has 3 atom stereocenters. The summed E-state index contributed by atoms with van der Waals surface area (Å²) in [7, 11) is 0. The van der Waals surface area contributed by atoms with Gasteiger partial charge in [0, 0.05) is 5.25 Å². The Balaban J connectivity index is 4.10. The van der Waals surface area contributed by atoms with Crippen LogP contribution in [0.1, 0.15) is 118 Å². The maximum Gasteiger partial charge on any atom is 0.0630 e. The first-order valence-electron chi connectivity index (χ1n) is 10.9. The average molecular weight is 359 g/mol. The van der Waals surface area contributed by atoms with Crippen LogP contribution in [-0.2, 0) is 0 Å². The Morgan fingerprint density at radius 3 is 1.75 bits per heavy atom. The van der Waals surface area contributed by atoms with Gasteiger partial charge < -0.3 is 5.11 Å². The molecule has 146 valence electrons. The smallest absolute Gasteiger partial charge is 0.0630 e. The van der Waals surface area contributed by atoms with E-state index >= 15 is 0 Å². The van der Waals surface area contributed by atoms with E-state index in [0.717, 1.165) is 5.92 Å². The monoisotopic (exact) mass is 358 g/mol. The number of aliphatic hydroxyl groups excluding tert-OH is 1. The van der Waals surface area contributed by atoms with E-state index in [1.807, 2.05) is 6.92 Å². The van der Waals surface area contributed by atoms with Crippen molar-refractivity contribution in [1.29, 1.82) is 0 Å². The van der Waals surface area contributed by atoms with Crippen molar-refractivity contribution in [3.8, 4) is 0 Å². The second kappa shape index (κ2) is 18.1. The zero-order valence-corrected chi connectivity index (χ0v) is 18.0. The number of unbranched alkanes of at least 4 members (excludes halogenated alkanes) is 8. The van der Waals surface area contributed by atoms with E-state index in [1.165, 1.54) is 95.6 Å². The van der Waals surface area contributed by atoms with Gasteiger partial charge in [-0.25, -0.2) is 0 Å². The quantitative estimate of drug-likeness (QED) is 0.254. The molecule has 0 rings (SSSR count). The Morgan fingerprint density at radius 2 is 1.17 bits per heavy atom. The minimum absolute atomic E-state index is 0.159. The predicted octanol–water partition coefficient (Wildman–Crippen LogP) is 7.61. The highest BCUT2D eigenvalue weighted by Crippen LogP contribution is 2.28. The summed E-state index contributed by atoms with van der Waals surface area (Å²) in [6.45, 7) is 8.85. The molecule has 0 amide bonds. The molecule has 2 heteroatoms. The zero-order valence-electron chi connectivity index (χ0n) is 17.2. The summed E-state index contributed by atoms with van der Waals surface area (Å²) in [5.74, 6) is 2.13. The van der Waals surface area contributed by atoms with E-state index in [9.17, 15) is 5.11 Å². The van der Waals surface area contributed by atoms with Gasteiger partial charge in [0.1, 0.15) is 0 Å². The fraction of sp³-hybridized carbons (Fsp3) is 1.00. The van der Waals surface area contributed by atoms with Crippen molar-refractivity contribution >= 4 is 11.8 Å². The largest absolute Gasteiger partial charge is 0.392 e. The molecule has 0 bridgehead atoms. The standard InChI is InChI=1S/C22H46OS/c1-5-8-11-13-15-18-22(20(4)23)24-19-21(16-10-7-3)17-14-12-9-6-2/h20-23H,5-19H2,1-4H3. The first-order chi connectivity index (χ1) is 11.7. The van der Waals surface area contributed by atoms with Gasteiger partial charge in [-0.1, -0.05) is 91.4 Å². The van der Waals surface area contributed by atoms with Crippen LogP contribution in [0.4, 0.5) is 0 Å². The van der Waals surface area contributed by atoms with Crippen LogP contribution in [0.15, 0.2) is 0 Å². The molecular formula is C22H46OS. The van der Waals surface area contributed by atoms with Crippen molar-refractivity contribution in [3.63, 3.8) is 0 Å². The molecule has 3 unspecified atom stereocenters. The summed E-state index contributed by atoms with van der Waals surface area (Å²) < 4.78 is 0. The van der Waals surface area contributed by atoms with Crippen LogP contribution in [0.25, 0.3) is 0 Å². The fourth-order valence-corrected chi connectivity index (χ4v) is 4.80. The van der Waals surface area contributed by atoms with Gasteiger partial charge in [-0.2, -0.15) is 11.8 Å². The SMILES string of the molecule is CCCCCCCC(SCC(CCCC)CCCCCC)C(C)O. The van der Waals surface area contributed by atoms with Crippen LogP contribution in [0, 0.1) is 5.92 Å². The molecule has 0 aliphatic carbocycles. The van der Waals surface area contributed by atoms with E-state index < -0.39 is 0 Å². The maximum atomic E-state index is 10.1. The Kier molecular flexibility index (Phi) is 18.3. The molecule has 0 aliphatic rings. The van der Waals surface area contributed by atoms with Crippen molar-refractivity contribution in [3.05, 3.63) is 0 Å². The predicted molar refractivity (Wildman–Crippen MR) is 113 cm³/mol. The second-order valence-electron chi connectivity index (χ2n) is 7.67. The number of hydrogen-bond acceptors (Lipinski definition) is 2. The molecule has 0 aromatic rings. The molecule has 0 saturated carbocycles. The molecule has 0 aliphatic heterocycles. The third kappa shape index (κ3) is 14.6. The van der Waals surface area contributed by atoms with E-state index in [1.54, 1.807) is 0 Å². The lowest BCUT2D eigenvalue weighted by molar-refractivity contribution is 0.186. The summed E-state index contributed by atoms with van der Waals surface area (Å²) >= 11 is 2.07. The third-order valence-electron chi connectivity index (χ3n) is 5.11. The van der Waals surface area contributed by atoms with Crippen LogP contribution < -0.4 is 0 Å². The molecule has 0 heterocycles. The number of aliphatic hydroxyl groups is 1. The number of thioether (sulfide) groups is 1. The molecule has 0 saturated heterocycles. The van der Waals surface area contributed by atoms with E-state index in [-0.39, 0.29) is 6.10 Å². The van der Waals surface area contributed by atoms with Gasteiger partial charge in [-0.3, -0.25) is 0 Å². The molecule has 1 nitrogen and oxygen atoms in total. The lowest BCUT2D eigenvalue weighted by Gasteiger charge is -2.23. The highest BCUT2D eigenvalue weighted by atomic mass is 32.2. The minimum atomic E-state index is -0.159. The molecule has 0 aromatic heterocycles. The zero-order chi connectivity index (χ0) is 18.0. The summed E-state index contributed by atoms with van der Waals surface area (Å²) in [5, 5.41) is 10.6. The lowest BCUT2D eigenvalue weighted by atomic mass is 9.97. The van der Waals surface area contributed by atoms with Crippen molar-refractivity contribution < 1.29 is 5.11 Å². The summed E-state index contributed by atoms with van der Waals surface area (Å²) in [5.41, 5.74) is 0. The summed E-state index contributed by atoms with van der Waals surface area (Å²) in [6.07, 6.45) is 18.7. The van der Waals surface area contributed by atoms with Gasteiger partial charge in [0.05, 0.1) is 6.10 Å². The minimum Gasteiger partial charge on any atom is -0.392 e. The molecular weight excluding hydrogens is 312 g/mol. The van der Waals surface area contributed by atoms with Crippen LogP contribution in [0.2, 0.25) is 0 Å². The first kappa shape index (κ1) is 24.3.